The lowest BCUT2D eigenvalue weighted by Gasteiger charge is -2.19. The summed E-state index contributed by atoms with van der Waals surface area (Å²) in [6, 6.07) is 0. The predicted octanol–water partition coefficient (Wildman–Crippen LogP) is 1.83. The van der Waals surface area contributed by atoms with Crippen molar-refractivity contribution in [3.8, 4) is 0 Å². The molecule has 1 aromatic rings. The largest absolute Gasteiger partial charge is 0.481 e. The molecule has 1 atom stereocenters. The second-order valence-electron chi connectivity index (χ2n) is 5.86. The van der Waals surface area contributed by atoms with E-state index in [1.807, 2.05) is 13.8 Å². The molecule has 6 heteroatoms. The lowest BCUT2D eigenvalue weighted by molar-refractivity contribution is -0.139. The maximum Gasteiger partial charge on any atom is 0.303 e. The third kappa shape index (κ3) is 4.31. The van der Waals surface area contributed by atoms with Gasteiger partial charge in [-0.2, -0.15) is 4.98 Å². The van der Waals surface area contributed by atoms with Crippen molar-refractivity contribution < 1.29 is 19.2 Å². The predicted molar refractivity (Wildman–Crippen MR) is 66.7 cm³/mol. The molecule has 0 bridgehead atoms. The van der Waals surface area contributed by atoms with Crippen molar-refractivity contribution in [3.05, 3.63) is 11.7 Å². The molecular weight excluding hydrogens is 248 g/mol. The van der Waals surface area contributed by atoms with Gasteiger partial charge in [0.05, 0.1) is 12.5 Å². The molecule has 19 heavy (non-hydrogen) atoms. The third-order valence-electron chi connectivity index (χ3n) is 3.20. The Morgan fingerprint density at radius 3 is 2.95 bits per heavy atom. The van der Waals surface area contributed by atoms with Crippen LogP contribution < -0.4 is 0 Å². The lowest BCUT2D eigenvalue weighted by Crippen LogP contribution is -2.20. The summed E-state index contributed by atoms with van der Waals surface area (Å²) in [6.45, 7) is 4.57. The standard InChI is InChI=1S/C13H20N2O4/c1-13(2,8-12(16)17)7-11-14-10(15-19-11)6-9-4-3-5-18-9/h9H,3-8H2,1-2H3,(H,16,17). The molecule has 2 rings (SSSR count). The molecule has 0 aliphatic carbocycles. The smallest absolute Gasteiger partial charge is 0.303 e. The number of hydrogen-bond acceptors (Lipinski definition) is 5. The molecular formula is C13H20N2O4. The topological polar surface area (TPSA) is 85.5 Å². The first-order chi connectivity index (χ1) is 8.94. The third-order valence-corrected chi connectivity index (χ3v) is 3.20. The lowest BCUT2D eigenvalue weighted by atomic mass is 9.86. The molecule has 1 aliphatic rings. The molecule has 1 aliphatic heterocycles. The summed E-state index contributed by atoms with van der Waals surface area (Å²) in [5.41, 5.74) is -0.389. The maximum absolute atomic E-state index is 10.8. The SMILES string of the molecule is CC(C)(CC(=O)O)Cc1nc(CC2CCCO2)no1. The summed E-state index contributed by atoms with van der Waals surface area (Å²) in [5, 5.41) is 12.8. The first-order valence-electron chi connectivity index (χ1n) is 6.59. The van der Waals surface area contributed by atoms with Gasteiger partial charge in [-0.05, 0) is 18.3 Å². The molecule has 0 radical (unpaired) electrons. The van der Waals surface area contributed by atoms with E-state index in [2.05, 4.69) is 10.1 Å². The molecule has 2 heterocycles. The van der Waals surface area contributed by atoms with Crippen LogP contribution in [0.25, 0.3) is 0 Å². The first kappa shape index (κ1) is 14.0. The molecule has 1 fully saturated rings. The van der Waals surface area contributed by atoms with Gasteiger partial charge < -0.3 is 14.4 Å². The fourth-order valence-corrected chi connectivity index (χ4v) is 2.34. The van der Waals surface area contributed by atoms with Crippen LogP contribution in [0, 0.1) is 5.41 Å². The number of carboxylic acids is 1. The van der Waals surface area contributed by atoms with E-state index in [4.69, 9.17) is 14.4 Å². The Hall–Kier alpha value is -1.43. The van der Waals surface area contributed by atoms with Crippen LogP contribution in [0.3, 0.4) is 0 Å². The maximum atomic E-state index is 10.8. The average Bonchev–Trinajstić information content (AvgIpc) is 2.88. The summed E-state index contributed by atoms with van der Waals surface area (Å²) >= 11 is 0. The monoisotopic (exact) mass is 268 g/mol. The van der Waals surface area contributed by atoms with Crippen LogP contribution in [0.5, 0.6) is 0 Å². The Balaban J connectivity index is 1.91. The van der Waals surface area contributed by atoms with E-state index in [0.717, 1.165) is 19.4 Å². The van der Waals surface area contributed by atoms with Crippen molar-refractivity contribution in [2.24, 2.45) is 5.41 Å². The van der Waals surface area contributed by atoms with E-state index in [9.17, 15) is 4.79 Å². The van der Waals surface area contributed by atoms with Gasteiger partial charge in [-0.3, -0.25) is 4.79 Å². The number of carbonyl (C=O) groups is 1. The van der Waals surface area contributed by atoms with Crippen LogP contribution in [-0.2, 0) is 22.4 Å². The van der Waals surface area contributed by atoms with Crippen LogP contribution in [0.15, 0.2) is 4.52 Å². The van der Waals surface area contributed by atoms with Crippen LogP contribution in [-0.4, -0.2) is 33.9 Å². The molecule has 1 N–H and O–H groups in total. The Morgan fingerprint density at radius 1 is 1.53 bits per heavy atom. The summed E-state index contributed by atoms with van der Waals surface area (Å²) in [5.74, 6) is 0.330. The van der Waals surface area contributed by atoms with Gasteiger partial charge in [0.15, 0.2) is 5.82 Å². The summed E-state index contributed by atoms with van der Waals surface area (Å²) in [6.07, 6.45) is 3.53. The van der Waals surface area contributed by atoms with Gasteiger partial charge in [-0.15, -0.1) is 0 Å². The molecule has 0 saturated carbocycles. The van der Waals surface area contributed by atoms with E-state index in [1.165, 1.54) is 0 Å². The number of aromatic nitrogens is 2. The molecule has 0 amide bonds. The van der Waals surface area contributed by atoms with Gasteiger partial charge in [-0.25, -0.2) is 0 Å². The van der Waals surface area contributed by atoms with Crippen LogP contribution >= 0.6 is 0 Å². The van der Waals surface area contributed by atoms with Crippen molar-refractivity contribution in [3.63, 3.8) is 0 Å². The normalized spacial score (nSPS) is 19.8. The quantitative estimate of drug-likeness (QED) is 0.847. The van der Waals surface area contributed by atoms with Crippen molar-refractivity contribution >= 4 is 5.97 Å². The van der Waals surface area contributed by atoms with Crippen LogP contribution in [0.1, 0.15) is 44.8 Å². The molecule has 0 spiro atoms. The van der Waals surface area contributed by atoms with Crippen LogP contribution in [0.2, 0.25) is 0 Å². The Morgan fingerprint density at radius 2 is 2.32 bits per heavy atom. The van der Waals surface area contributed by atoms with Gasteiger partial charge >= 0.3 is 5.97 Å². The van der Waals surface area contributed by atoms with Crippen LogP contribution in [0.4, 0.5) is 0 Å². The number of nitrogens with zero attached hydrogens (tertiary/aromatic N) is 2. The summed E-state index contributed by atoms with van der Waals surface area (Å²) in [4.78, 5) is 15.1. The Labute approximate surface area is 112 Å². The highest BCUT2D eigenvalue weighted by Crippen LogP contribution is 2.25. The van der Waals surface area contributed by atoms with Gasteiger partial charge in [-0.1, -0.05) is 19.0 Å². The summed E-state index contributed by atoms with van der Waals surface area (Å²) in [7, 11) is 0. The summed E-state index contributed by atoms with van der Waals surface area (Å²) < 4.78 is 10.7. The molecule has 1 saturated heterocycles. The Kier molecular flexibility index (Phi) is 4.19. The van der Waals surface area contributed by atoms with E-state index in [0.29, 0.717) is 24.6 Å². The second-order valence-corrected chi connectivity index (χ2v) is 5.86. The van der Waals surface area contributed by atoms with E-state index in [1.54, 1.807) is 0 Å². The second kappa shape index (κ2) is 5.69. The van der Waals surface area contributed by atoms with Crippen molar-refractivity contribution in [2.45, 2.75) is 52.1 Å². The van der Waals surface area contributed by atoms with Gasteiger partial charge in [0.2, 0.25) is 5.89 Å². The molecule has 106 valence electrons. The number of rotatable bonds is 6. The van der Waals surface area contributed by atoms with Crippen molar-refractivity contribution in [1.29, 1.82) is 0 Å². The molecule has 0 aromatic carbocycles. The molecule has 6 nitrogen and oxygen atoms in total. The highest BCUT2D eigenvalue weighted by atomic mass is 16.5. The van der Waals surface area contributed by atoms with Crippen molar-refractivity contribution in [2.75, 3.05) is 6.61 Å². The number of carboxylic acid groups (broad SMARTS) is 1. The molecule has 1 unspecified atom stereocenters. The van der Waals surface area contributed by atoms with E-state index < -0.39 is 5.97 Å². The minimum atomic E-state index is -0.816. The zero-order valence-electron chi connectivity index (χ0n) is 11.4. The van der Waals surface area contributed by atoms with Gasteiger partial charge in [0, 0.05) is 19.4 Å². The fourth-order valence-electron chi connectivity index (χ4n) is 2.34. The van der Waals surface area contributed by atoms with E-state index >= 15 is 0 Å². The van der Waals surface area contributed by atoms with Gasteiger partial charge in [0.25, 0.3) is 0 Å². The number of hydrogen-bond donors (Lipinski definition) is 1. The minimum absolute atomic E-state index is 0.0798. The highest BCUT2D eigenvalue weighted by molar-refractivity contribution is 5.67. The highest BCUT2D eigenvalue weighted by Gasteiger charge is 2.26. The minimum Gasteiger partial charge on any atom is -0.481 e. The number of ether oxygens (including phenoxy) is 1. The fraction of sp³-hybridized carbons (Fsp3) is 0.769. The van der Waals surface area contributed by atoms with E-state index in [-0.39, 0.29) is 17.9 Å². The number of aliphatic carboxylic acids is 1. The average molecular weight is 268 g/mol. The van der Waals surface area contributed by atoms with Gasteiger partial charge in [0.1, 0.15) is 0 Å². The zero-order valence-corrected chi connectivity index (χ0v) is 11.4. The van der Waals surface area contributed by atoms with Crippen molar-refractivity contribution in [1.82, 2.24) is 10.1 Å². The Bertz CT molecular complexity index is 436. The first-order valence-corrected chi connectivity index (χ1v) is 6.59. The molecule has 1 aromatic heterocycles. The zero-order chi connectivity index (χ0) is 13.9.